The highest BCUT2D eigenvalue weighted by Gasteiger charge is 2.08. The van der Waals surface area contributed by atoms with Crippen molar-refractivity contribution >= 4 is 11.6 Å². The smallest absolute Gasteiger partial charge is 0.141 e. The van der Waals surface area contributed by atoms with Crippen LogP contribution in [0.2, 0.25) is 5.02 Å². The van der Waals surface area contributed by atoms with E-state index in [1.807, 2.05) is 18.2 Å². The van der Waals surface area contributed by atoms with Crippen LogP contribution in [-0.4, -0.2) is 11.5 Å². The maximum absolute atomic E-state index is 8.82. The lowest BCUT2D eigenvalue weighted by molar-refractivity contribution is 0.303. The van der Waals surface area contributed by atoms with Gasteiger partial charge in [0, 0.05) is 6.20 Å². The molecule has 0 saturated carbocycles. The summed E-state index contributed by atoms with van der Waals surface area (Å²) in [5.74, 6) is 0.648. The average Bonchev–Trinajstić information content (AvgIpc) is 2.47. The van der Waals surface area contributed by atoms with Crippen LogP contribution in [0, 0.1) is 11.3 Å². The molecule has 0 aliphatic heterocycles. The first kappa shape index (κ1) is 14.3. The topological polar surface area (TPSA) is 71.9 Å². The van der Waals surface area contributed by atoms with Gasteiger partial charge in [0.2, 0.25) is 0 Å². The lowest BCUT2D eigenvalue weighted by atomic mass is 10.1. The van der Waals surface area contributed by atoms with Crippen LogP contribution in [-0.2, 0) is 13.0 Å². The molecule has 0 amide bonds. The number of nitrogens with zero attached hydrogens (tertiary/aromatic N) is 2. The number of nitrogens with two attached hydrogens (primary N) is 1. The second-order valence-corrected chi connectivity index (χ2v) is 4.62. The fourth-order valence-corrected chi connectivity index (χ4v) is 2.10. The molecule has 0 spiro atoms. The SMILES string of the molecule is N#Cc1cc(COc2c(Cl)cccc2CCN)ccn1. The number of nitriles is 1. The van der Waals surface area contributed by atoms with Crippen LogP contribution in [0.25, 0.3) is 0 Å². The summed E-state index contributed by atoms with van der Waals surface area (Å²) >= 11 is 6.16. The Bertz CT molecular complexity index is 637. The van der Waals surface area contributed by atoms with Crippen molar-refractivity contribution in [2.45, 2.75) is 13.0 Å². The second kappa shape index (κ2) is 6.90. The lowest BCUT2D eigenvalue weighted by Gasteiger charge is -2.12. The Kier molecular flexibility index (Phi) is 4.94. The molecule has 0 bridgehead atoms. The Morgan fingerprint density at radius 1 is 1.35 bits per heavy atom. The zero-order valence-corrected chi connectivity index (χ0v) is 11.6. The van der Waals surface area contributed by atoms with Crippen LogP contribution in [0.1, 0.15) is 16.8 Å². The number of halogens is 1. The zero-order chi connectivity index (χ0) is 14.4. The quantitative estimate of drug-likeness (QED) is 0.918. The van der Waals surface area contributed by atoms with E-state index in [-0.39, 0.29) is 0 Å². The number of pyridine rings is 1. The van der Waals surface area contributed by atoms with Crippen LogP contribution < -0.4 is 10.5 Å². The van der Waals surface area contributed by atoms with Crippen molar-refractivity contribution in [3.63, 3.8) is 0 Å². The van der Waals surface area contributed by atoms with Gasteiger partial charge in [-0.05, 0) is 42.3 Å². The molecule has 2 rings (SSSR count). The first-order chi connectivity index (χ1) is 9.74. The van der Waals surface area contributed by atoms with Crippen molar-refractivity contribution < 1.29 is 4.74 Å². The Morgan fingerprint density at radius 3 is 2.95 bits per heavy atom. The summed E-state index contributed by atoms with van der Waals surface area (Å²) in [5, 5.41) is 9.38. The van der Waals surface area contributed by atoms with E-state index in [1.54, 1.807) is 24.4 Å². The minimum absolute atomic E-state index is 0.332. The van der Waals surface area contributed by atoms with Crippen LogP contribution in [0.5, 0.6) is 5.75 Å². The van der Waals surface area contributed by atoms with E-state index >= 15 is 0 Å². The van der Waals surface area contributed by atoms with Crippen LogP contribution in [0.3, 0.4) is 0 Å². The van der Waals surface area contributed by atoms with Crippen molar-refractivity contribution in [2.75, 3.05) is 6.54 Å². The van der Waals surface area contributed by atoms with Crippen LogP contribution in [0.15, 0.2) is 36.5 Å². The lowest BCUT2D eigenvalue weighted by Crippen LogP contribution is -2.06. The molecular weight excluding hydrogens is 274 g/mol. The summed E-state index contributed by atoms with van der Waals surface area (Å²) in [7, 11) is 0. The molecule has 0 unspecified atom stereocenters. The molecule has 1 aromatic carbocycles. The molecule has 2 N–H and O–H groups in total. The van der Waals surface area contributed by atoms with E-state index in [4.69, 9.17) is 27.3 Å². The third-order valence-corrected chi connectivity index (χ3v) is 3.08. The maximum Gasteiger partial charge on any atom is 0.141 e. The maximum atomic E-state index is 8.82. The molecule has 0 aliphatic rings. The third kappa shape index (κ3) is 3.47. The van der Waals surface area contributed by atoms with E-state index in [0.717, 1.165) is 11.1 Å². The van der Waals surface area contributed by atoms with Gasteiger partial charge in [-0.15, -0.1) is 0 Å². The molecule has 0 radical (unpaired) electrons. The van der Waals surface area contributed by atoms with Gasteiger partial charge in [-0.3, -0.25) is 0 Å². The van der Waals surface area contributed by atoms with Gasteiger partial charge in [0.15, 0.2) is 0 Å². The predicted octanol–water partition coefficient (Wildman–Crippen LogP) is 2.69. The standard InChI is InChI=1S/C15H14ClN3O/c16-14-3-1-2-12(4-6-17)15(14)20-10-11-5-7-19-13(8-11)9-18/h1-3,5,7-8H,4,6,10,17H2. The van der Waals surface area contributed by atoms with E-state index in [0.29, 0.717) is 36.0 Å². The Morgan fingerprint density at radius 2 is 2.20 bits per heavy atom. The number of para-hydroxylation sites is 1. The first-order valence-corrected chi connectivity index (χ1v) is 6.57. The summed E-state index contributed by atoms with van der Waals surface area (Å²) in [6, 6.07) is 11.1. The molecule has 4 nitrogen and oxygen atoms in total. The molecule has 2 aromatic rings. The zero-order valence-electron chi connectivity index (χ0n) is 10.8. The summed E-state index contributed by atoms with van der Waals surface area (Å²) in [6.45, 7) is 0.864. The monoisotopic (exact) mass is 287 g/mol. The second-order valence-electron chi connectivity index (χ2n) is 4.22. The van der Waals surface area contributed by atoms with Gasteiger partial charge >= 0.3 is 0 Å². The number of hydrogen-bond donors (Lipinski definition) is 1. The highest BCUT2D eigenvalue weighted by atomic mass is 35.5. The van der Waals surface area contributed by atoms with Crippen LogP contribution >= 0.6 is 11.6 Å². The van der Waals surface area contributed by atoms with Crippen molar-refractivity contribution in [1.29, 1.82) is 5.26 Å². The van der Waals surface area contributed by atoms with Crippen molar-refractivity contribution in [1.82, 2.24) is 4.98 Å². The van der Waals surface area contributed by atoms with Gasteiger partial charge in [-0.25, -0.2) is 4.98 Å². The van der Waals surface area contributed by atoms with Gasteiger partial charge in [0.05, 0.1) is 5.02 Å². The summed E-state index contributed by atoms with van der Waals surface area (Å²) < 4.78 is 5.78. The first-order valence-electron chi connectivity index (χ1n) is 6.20. The van der Waals surface area contributed by atoms with E-state index < -0.39 is 0 Å². The molecule has 102 valence electrons. The molecule has 0 saturated heterocycles. The number of ether oxygens (including phenoxy) is 1. The summed E-state index contributed by atoms with van der Waals surface area (Å²) in [4.78, 5) is 3.92. The molecule has 0 aliphatic carbocycles. The number of benzene rings is 1. The largest absolute Gasteiger partial charge is 0.487 e. The van der Waals surface area contributed by atoms with Gasteiger partial charge in [0.1, 0.15) is 24.1 Å². The highest BCUT2D eigenvalue weighted by molar-refractivity contribution is 6.32. The van der Waals surface area contributed by atoms with Gasteiger partial charge in [0.25, 0.3) is 0 Å². The van der Waals surface area contributed by atoms with E-state index in [2.05, 4.69) is 4.98 Å². The fraction of sp³-hybridized carbons (Fsp3) is 0.200. The van der Waals surface area contributed by atoms with Crippen molar-refractivity contribution in [3.8, 4) is 11.8 Å². The average molecular weight is 288 g/mol. The van der Waals surface area contributed by atoms with Crippen molar-refractivity contribution in [3.05, 3.63) is 58.4 Å². The van der Waals surface area contributed by atoms with Crippen LogP contribution in [0.4, 0.5) is 0 Å². The molecule has 5 heteroatoms. The minimum atomic E-state index is 0.332. The molecular formula is C15H14ClN3O. The van der Waals surface area contributed by atoms with E-state index in [9.17, 15) is 0 Å². The number of aromatic nitrogens is 1. The normalized spacial score (nSPS) is 10.1. The molecule has 0 atom stereocenters. The highest BCUT2D eigenvalue weighted by Crippen LogP contribution is 2.29. The number of hydrogen-bond acceptors (Lipinski definition) is 4. The molecule has 1 aromatic heterocycles. The molecule has 1 heterocycles. The van der Waals surface area contributed by atoms with Gasteiger partial charge in [-0.2, -0.15) is 5.26 Å². The Balaban J connectivity index is 2.16. The third-order valence-electron chi connectivity index (χ3n) is 2.78. The minimum Gasteiger partial charge on any atom is -0.487 e. The van der Waals surface area contributed by atoms with Crippen molar-refractivity contribution in [2.24, 2.45) is 5.73 Å². The Hall–Kier alpha value is -2.09. The molecule has 20 heavy (non-hydrogen) atoms. The molecule has 0 fully saturated rings. The van der Waals surface area contributed by atoms with Gasteiger partial charge in [-0.1, -0.05) is 23.7 Å². The fourth-order valence-electron chi connectivity index (χ4n) is 1.85. The predicted molar refractivity (Wildman–Crippen MR) is 77.5 cm³/mol. The van der Waals surface area contributed by atoms with Gasteiger partial charge < -0.3 is 10.5 Å². The summed E-state index contributed by atoms with van der Waals surface area (Å²) in [6.07, 6.45) is 2.29. The van der Waals surface area contributed by atoms with E-state index in [1.165, 1.54) is 0 Å². The Labute approximate surface area is 122 Å². The summed E-state index contributed by atoms with van der Waals surface area (Å²) in [5.41, 5.74) is 7.80. The number of rotatable bonds is 5.